The summed E-state index contributed by atoms with van der Waals surface area (Å²) in [5, 5.41) is 11.7. The summed E-state index contributed by atoms with van der Waals surface area (Å²) in [6.07, 6.45) is 10.5. The minimum Gasteiger partial charge on any atom is -0.208 e. The Kier molecular flexibility index (Phi) is 2.91. The first kappa shape index (κ1) is 9.37. The maximum absolute atomic E-state index is 4.28. The van der Waals surface area contributed by atoms with Gasteiger partial charge in [0.25, 0.3) is 0 Å². The highest BCUT2D eigenvalue weighted by Gasteiger charge is 2.16. The Morgan fingerprint density at radius 1 is 1.21 bits per heavy atom. The number of nitrogens with zero attached hydrogens (tertiary/aromatic N) is 4. The highest BCUT2D eigenvalue weighted by molar-refractivity contribution is 5.60. The van der Waals surface area contributed by atoms with Gasteiger partial charge in [0, 0.05) is 6.21 Å². The van der Waals surface area contributed by atoms with Gasteiger partial charge in [-0.25, -0.2) is 4.68 Å². The van der Waals surface area contributed by atoms with Crippen molar-refractivity contribution in [2.45, 2.75) is 32.6 Å². The molecule has 0 unspecified atom stereocenters. The van der Waals surface area contributed by atoms with E-state index < -0.39 is 0 Å². The van der Waals surface area contributed by atoms with Crippen LogP contribution in [0.4, 0.5) is 0 Å². The summed E-state index contributed by atoms with van der Waals surface area (Å²) < 4.78 is 1.65. The first-order valence-corrected chi connectivity index (χ1v) is 5.23. The van der Waals surface area contributed by atoms with Crippen LogP contribution in [0.3, 0.4) is 0 Å². The molecule has 0 amide bonds. The molecular formula is C10H16N4. The fourth-order valence-electron chi connectivity index (χ4n) is 1.86. The molecular weight excluding hydrogens is 176 g/mol. The van der Waals surface area contributed by atoms with Crippen LogP contribution >= 0.6 is 0 Å². The summed E-state index contributed by atoms with van der Waals surface area (Å²) in [4.78, 5) is 0. The number of aromatic nitrogens is 3. The monoisotopic (exact) mass is 192 g/mol. The number of hydrogen-bond donors (Lipinski definition) is 0. The highest BCUT2D eigenvalue weighted by atomic mass is 15.4. The van der Waals surface area contributed by atoms with Gasteiger partial charge >= 0.3 is 0 Å². The van der Waals surface area contributed by atoms with Crippen molar-refractivity contribution in [2.24, 2.45) is 16.9 Å². The van der Waals surface area contributed by atoms with Crippen molar-refractivity contribution in [1.82, 2.24) is 14.9 Å². The van der Waals surface area contributed by atoms with Crippen molar-refractivity contribution in [1.29, 1.82) is 0 Å². The lowest BCUT2D eigenvalue weighted by Crippen LogP contribution is -2.13. The van der Waals surface area contributed by atoms with Crippen LogP contribution in [0.25, 0.3) is 0 Å². The molecule has 0 radical (unpaired) electrons. The molecule has 14 heavy (non-hydrogen) atoms. The molecule has 1 fully saturated rings. The summed E-state index contributed by atoms with van der Waals surface area (Å²) >= 11 is 0. The zero-order valence-corrected chi connectivity index (χ0v) is 8.50. The Bertz CT molecular complexity index is 283. The van der Waals surface area contributed by atoms with Crippen molar-refractivity contribution in [3.8, 4) is 0 Å². The minimum absolute atomic E-state index is 0.647. The van der Waals surface area contributed by atoms with Crippen molar-refractivity contribution in [2.75, 3.05) is 0 Å². The smallest absolute Gasteiger partial charge is 0.141 e. The van der Waals surface area contributed by atoms with Gasteiger partial charge in [0.15, 0.2) is 0 Å². The largest absolute Gasteiger partial charge is 0.208 e. The topological polar surface area (TPSA) is 43.1 Å². The second-order valence-corrected chi connectivity index (χ2v) is 4.13. The quantitative estimate of drug-likeness (QED) is 0.672. The molecule has 1 aliphatic rings. The van der Waals surface area contributed by atoms with Crippen molar-refractivity contribution in [3.63, 3.8) is 0 Å². The molecule has 4 heteroatoms. The van der Waals surface area contributed by atoms with Crippen molar-refractivity contribution in [3.05, 3.63) is 12.7 Å². The van der Waals surface area contributed by atoms with Crippen LogP contribution in [0.2, 0.25) is 0 Å². The van der Waals surface area contributed by atoms with Crippen LogP contribution in [0.15, 0.2) is 17.8 Å². The molecule has 4 nitrogen and oxygen atoms in total. The van der Waals surface area contributed by atoms with E-state index in [1.165, 1.54) is 25.7 Å². The van der Waals surface area contributed by atoms with E-state index in [-0.39, 0.29) is 0 Å². The van der Waals surface area contributed by atoms with Crippen molar-refractivity contribution < 1.29 is 0 Å². The van der Waals surface area contributed by atoms with E-state index >= 15 is 0 Å². The molecule has 0 bridgehead atoms. The van der Waals surface area contributed by atoms with Crippen LogP contribution in [-0.2, 0) is 0 Å². The summed E-state index contributed by atoms with van der Waals surface area (Å²) in [6, 6.07) is 0. The van der Waals surface area contributed by atoms with Gasteiger partial charge in [-0.05, 0) is 24.7 Å². The van der Waals surface area contributed by atoms with E-state index in [2.05, 4.69) is 22.2 Å². The SMILES string of the molecule is CC1CCC(/C=N/n2cnnc2)CC1. The molecule has 0 N–H and O–H groups in total. The van der Waals surface area contributed by atoms with Crippen LogP contribution in [0, 0.1) is 11.8 Å². The molecule has 76 valence electrons. The summed E-state index contributed by atoms with van der Waals surface area (Å²) in [6.45, 7) is 2.33. The Morgan fingerprint density at radius 2 is 1.86 bits per heavy atom. The van der Waals surface area contributed by atoms with Gasteiger partial charge in [0.1, 0.15) is 12.7 Å². The summed E-state index contributed by atoms with van der Waals surface area (Å²) in [5.41, 5.74) is 0. The molecule has 0 spiro atoms. The number of hydrogen-bond acceptors (Lipinski definition) is 3. The van der Waals surface area contributed by atoms with E-state index in [0.717, 1.165) is 5.92 Å². The van der Waals surface area contributed by atoms with E-state index in [0.29, 0.717) is 5.92 Å². The summed E-state index contributed by atoms with van der Waals surface area (Å²) in [7, 11) is 0. The predicted molar refractivity (Wildman–Crippen MR) is 55.0 cm³/mol. The number of rotatable bonds is 2. The third kappa shape index (κ3) is 2.40. The first-order chi connectivity index (χ1) is 6.84. The maximum Gasteiger partial charge on any atom is 0.141 e. The standard InChI is InChI=1S/C10H16N4/c1-9-2-4-10(5-3-9)6-13-14-7-11-12-8-14/h6-10H,2-5H2,1H3/b13-6+. The average molecular weight is 192 g/mol. The molecule has 0 atom stereocenters. The first-order valence-electron chi connectivity index (χ1n) is 5.23. The van der Waals surface area contributed by atoms with Crippen LogP contribution in [0.5, 0.6) is 0 Å². The van der Waals surface area contributed by atoms with Gasteiger partial charge < -0.3 is 0 Å². The Hall–Kier alpha value is -1.19. The van der Waals surface area contributed by atoms with E-state index in [1.807, 2.05) is 6.21 Å². The third-order valence-corrected chi connectivity index (χ3v) is 2.88. The molecule has 1 saturated carbocycles. The Labute approximate surface area is 84.0 Å². The second kappa shape index (κ2) is 4.35. The Balaban J connectivity index is 1.86. The van der Waals surface area contributed by atoms with Gasteiger partial charge in [-0.3, -0.25) is 0 Å². The molecule has 1 aliphatic carbocycles. The predicted octanol–water partition coefficient (Wildman–Crippen LogP) is 1.94. The van der Waals surface area contributed by atoms with Gasteiger partial charge in [0.2, 0.25) is 0 Å². The highest BCUT2D eigenvalue weighted by Crippen LogP contribution is 2.26. The van der Waals surface area contributed by atoms with E-state index in [4.69, 9.17) is 0 Å². The zero-order chi connectivity index (χ0) is 9.80. The molecule has 0 saturated heterocycles. The molecule has 1 aromatic heterocycles. The lowest BCUT2D eigenvalue weighted by atomic mass is 9.84. The van der Waals surface area contributed by atoms with Gasteiger partial charge in [-0.2, -0.15) is 5.10 Å². The molecule has 1 aromatic rings. The van der Waals surface area contributed by atoms with Gasteiger partial charge in [0.05, 0.1) is 0 Å². The zero-order valence-electron chi connectivity index (χ0n) is 8.50. The van der Waals surface area contributed by atoms with Crippen LogP contribution in [0.1, 0.15) is 32.6 Å². The molecule has 0 aromatic carbocycles. The maximum atomic E-state index is 4.28. The Morgan fingerprint density at radius 3 is 2.50 bits per heavy atom. The fraction of sp³-hybridized carbons (Fsp3) is 0.700. The van der Waals surface area contributed by atoms with E-state index in [9.17, 15) is 0 Å². The summed E-state index contributed by atoms with van der Waals surface area (Å²) in [5.74, 6) is 1.54. The average Bonchev–Trinajstić information content (AvgIpc) is 2.70. The van der Waals surface area contributed by atoms with Gasteiger partial charge in [-0.15, -0.1) is 10.2 Å². The van der Waals surface area contributed by atoms with E-state index in [1.54, 1.807) is 17.3 Å². The van der Waals surface area contributed by atoms with Crippen LogP contribution < -0.4 is 0 Å². The van der Waals surface area contributed by atoms with Gasteiger partial charge in [-0.1, -0.05) is 19.8 Å². The lowest BCUT2D eigenvalue weighted by molar-refractivity contribution is 0.346. The normalized spacial score (nSPS) is 28.4. The van der Waals surface area contributed by atoms with Crippen LogP contribution in [-0.4, -0.2) is 21.1 Å². The molecule has 1 heterocycles. The molecule has 2 rings (SSSR count). The third-order valence-electron chi connectivity index (χ3n) is 2.88. The lowest BCUT2D eigenvalue weighted by Gasteiger charge is -2.22. The molecule has 0 aliphatic heterocycles. The fourth-order valence-corrected chi connectivity index (χ4v) is 1.86. The minimum atomic E-state index is 0.647. The second-order valence-electron chi connectivity index (χ2n) is 4.13. The van der Waals surface area contributed by atoms with Crippen molar-refractivity contribution >= 4 is 6.21 Å².